The van der Waals surface area contributed by atoms with Crippen LogP contribution in [0.5, 0.6) is 0 Å². The highest BCUT2D eigenvalue weighted by molar-refractivity contribution is 5.90. The van der Waals surface area contributed by atoms with E-state index in [4.69, 9.17) is 5.73 Å². The minimum atomic E-state index is -0.595. The number of aromatic nitrogens is 1. The third-order valence-corrected chi connectivity index (χ3v) is 5.14. The molecule has 0 radical (unpaired) electrons. The van der Waals surface area contributed by atoms with E-state index in [9.17, 15) is 14.0 Å². The first-order chi connectivity index (χ1) is 13.8. The predicted octanol–water partition coefficient (Wildman–Crippen LogP) is 2.28. The number of nitrogens with two attached hydrogens (primary N) is 1. The van der Waals surface area contributed by atoms with Crippen LogP contribution in [0.15, 0.2) is 36.5 Å². The van der Waals surface area contributed by atoms with E-state index in [2.05, 4.69) is 9.88 Å². The Bertz CT molecular complexity index is 879. The third-order valence-electron chi connectivity index (χ3n) is 5.14. The molecule has 0 aliphatic carbocycles. The van der Waals surface area contributed by atoms with Crippen LogP contribution in [0, 0.1) is 12.7 Å². The lowest BCUT2D eigenvalue weighted by atomic mass is 10.1. The van der Waals surface area contributed by atoms with Crippen molar-refractivity contribution in [3.63, 3.8) is 0 Å². The van der Waals surface area contributed by atoms with Gasteiger partial charge < -0.3 is 10.6 Å². The van der Waals surface area contributed by atoms with Crippen molar-refractivity contribution in [3.05, 3.63) is 59.2 Å². The number of hydrogen-bond donors (Lipinski definition) is 1. The zero-order valence-corrected chi connectivity index (χ0v) is 16.8. The first-order valence-corrected chi connectivity index (χ1v) is 9.58. The molecule has 3 rings (SSSR count). The molecule has 0 bridgehead atoms. The summed E-state index contributed by atoms with van der Waals surface area (Å²) in [6.45, 7) is 6.80. The normalized spacial score (nSPS) is 14.7. The van der Waals surface area contributed by atoms with Gasteiger partial charge in [-0.05, 0) is 36.8 Å². The lowest BCUT2D eigenvalue weighted by Crippen LogP contribution is -2.47. The van der Waals surface area contributed by atoms with Crippen molar-refractivity contribution in [1.82, 2.24) is 14.8 Å². The van der Waals surface area contributed by atoms with E-state index in [-0.39, 0.29) is 18.3 Å². The highest BCUT2D eigenvalue weighted by atomic mass is 19.1. The van der Waals surface area contributed by atoms with Gasteiger partial charge in [0, 0.05) is 50.9 Å². The second kappa shape index (κ2) is 9.00. The van der Waals surface area contributed by atoms with E-state index < -0.39 is 6.03 Å². The summed E-state index contributed by atoms with van der Waals surface area (Å²) in [5, 5.41) is 0. The molecule has 8 heteroatoms. The SMILES string of the molecule is CC(=O)N1CCN(Cc2cc(CN(C(N)=O)c3ccc(C)nc3)ccc2F)CC1. The van der Waals surface area contributed by atoms with Crippen molar-refractivity contribution >= 4 is 17.6 Å². The number of pyridine rings is 1. The highest BCUT2D eigenvalue weighted by Gasteiger charge is 2.20. The smallest absolute Gasteiger partial charge is 0.319 e. The summed E-state index contributed by atoms with van der Waals surface area (Å²) in [7, 11) is 0. The molecule has 7 nitrogen and oxygen atoms in total. The van der Waals surface area contributed by atoms with E-state index in [0.29, 0.717) is 44.0 Å². The second-order valence-electron chi connectivity index (χ2n) is 7.29. The van der Waals surface area contributed by atoms with Gasteiger partial charge in [-0.25, -0.2) is 9.18 Å². The minimum Gasteiger partial charge on any atom is -0.351 e. The van der Waals surface area contributed by atoms with Crippen LogP contribution in [0.4, 0.5) is 14.9 Å². The molecule has 0 atom stereocenters. The zero-order chi connectivity index (χ0) is 21.0. The molecule has 154 valence electrons. The van der Waals surface area contributed by atoms with Crippen molar-refractivity contribution in [1.29, 1.82) is 0 Å². The van der Waals surface area contributed by atoms with E-state index >= 15 is 0 Å². The number of piperazine rings is 1. The molecule has 0 unspecified atom stereocenters. The number of anilines is 1. The van der Waals surface area contributed by atoms with Gasteiger partial charge >= 0.3 is 6.03 Å². The Kier molecular flexibility index (Phi) is 6.43. The maximum absolute atomic E-state index is 14.4. The summed E-state index contributed by atoms with van der Waals surface area (Å²) in [4.78, 5) is 32.9. The Labute approximate surface area is 169 Å². The number of urea groups is 1. The fourth-order valence-electron chi connectivity index (χ4n) is 3.41. The van der Waals surface area contributed by atoms with Crippen molar-refractivity contribution in [2.24, 2.45) is 5.73 Å². The molecule has 0 saturated carbocycles. The number of hydrogen-bond acceptors (Lipinski definition) is 4. The van der Waals surface area contributed by atoms with E-state index in [1.807, 2.05) is 13.0 Å². The van der Waals surface area contributed by atoms with Gasteiger partial charge in [0.05, 0.1) is 18.4 Å². The van der Waals surface area contributed by atoms with Gasteiger partial charge in [0.15, 0.2) is 0 Å². The molecular weight excluding hydrogens is 373 g/mol. The quantitative estimate of drug-likeness (QED) is 0.836. The molecule has 2 heterocycles. The Morgan fingerprint density at radius 2 is 1.90 bits per heavy atom. The third kappa shape index (κ3) is 5.29. The monoisotopic (exact) mass is 399 g/mol. The molecule has 1 saturated heterocycles. The molecule has 1 aliphatic heterocycles. The fraction of sp³-hybridized carbons (Fsp3) is 0.381. The Balaban J connectivity index is 1.71. The molecule has 1 aliphatic rings. The van der Waals surface area contributed by atoms with Gasteiger partial charge in [-0.1, -0.05) is 6.07 Å². The second-order valence-corrected chi connectivity index (χ2v) is 7.29. The Morgan fingerprint density at radius 3 is 2.48 bits per heavy atom. The molecule has 1 fully saturated rings. The van der Waals surface area contributed by atoms with Gasteiger partial charge in [0.2, 0.25) is 5.91 Å². The molecule has 0 spiro atoms. The topological polar surface area (TPSA) is 82.8 Å². The molecule has 2 N–H and O–H groups in total. The predicted molar refractivity (Wildman–Crippen MR) is 109 cm³/mol. The lowest BCUT2D eigenvalue weighted by molar-refractivity contribution is -0.130. The summed E-state index contributed by atoms with van der Waals surface area (Å²) in [5.74, 6) is -0.222. The number of aryl methyl sites for hydroxylation is 1. The number of carbonyl (C=O) groups excluding carboxylic acids is 2. The van der Waals surface area contributed by atoms with E-state index in [0.717, 1.165) is 11.3 Å². The van der Waals surface area contributed by atoms with Gasteiger partial charge in [-0.2, -0.15) is 0 Å². The average Bonchev–Trinajstić information content (AvgIpc) is 2.69. The number of amides is 3. The molecule has 3 amide bonds. The molecule has 1 aromatic carbocycles. The number of nitrogens with zero attached hydrogens (tertiary/aromatic N) is 4. The first-order valence-electron chi connectivity index (χ1n) is 9.58. The summed E-state index contributed by atoms with van der Waals surface area (Å²) in [6, 6.07) is 7.84. The Morgan fingerprint density at radius 1 is 1.17 bits per heavy atom. The van der Waals surface area contributed by atoms with Crippen LogP contribution in [0.3, 0.4) is 0 Å². The van der Waals surface area contributed by atoms with Gasteiger partial charge in [0.25, 0.3) is 0 Å². The van der Waals surface area contributed by atoms with Crippen molar-refractivity contribution < 1.29 is 14.0 Å². The number of carbonyl (C=O) groups is 2. The van der Waals surface area contributed by atoms with Crippen LogP contribution in [-0.2, 0) is 17.9 Å². The van der Waals surface area contributed by atoms with Crippen molar-refractivity contribution in [3.8, 4) is 0 Å². The maximum atomic E-state index is 14.4. The van der Waals surface area contributed by atoms with Crippen LogP contribution in [-0.4, -0.2) is 52.9 Å². The number of benzene rings is 1. The van der Waals surface area contributed by atoms with Crippen LogP contribution in [0.1, 0.15) is 23.7 Å². The number of halogens is 1. The minimum absolute atomic E-state index is 0.0648. The first kappa shape index (κ1) is 20.7. The van der Waals surface area contributed by atoms with Crippen LogP contribution < -0.4 is 10.6 Å². The van der Waals surface area contributed by atoms with E-state index in [1.165, 1.54) is 11.0 Å². The van der Waals surface area contributed by atoms with E-state index in [1.54, 1.807) is 36.2 Å². The van der Waals surface area contributed by atoms with Crippen LogP contribution in [0.25, 0.3) is 0 Å². The fourth-order valence-corrected chi connectivity index (χ4v) is 3.41. The zero-order valence-electron chi connectivity index (χ0n) is 16.8. The molecule has 2 aromatic rings. The number of rotatable bonds is 5. The Hall–Kier alpha value is -3.00. The van der Waals surface area contributed by atoms with Gasteiger partial charge in [-0.3, -0.25) is 19.6 Å². The molecule has 1 aromatic heterocycles. The van der Waals surface area contributed by atoms with Gasteiger partial charge in [0.1, 0.15) is 5.82 Å². The lowest BCUT2D eigenvalue weighted by Gasteiger charge is -2.34. The standard InChI is InChI=1S/C21H26FN5O2/c1-15-3-5-19(12-24-15)27(21(23)29)13-17-4-6-20(22)18(11-17)14-25-7-9-26(10-8-25)16(2)28/h3-6,11-12H,7-10,13-14H2,1-2H3,(H2,23,29). The van der Waals surface area contributed by atoms with Crippen molar-refractivity contribution in [2.45, 2.75) is 26.9 Å². The average molecular weight is 399 g/mol. The largest absolute Gasteiger partial charge is 0.351 e. The summed E-state index contributed by atoms with van der Waals surface area (Å²) >= 11 is 0. The maximum Gasteiger partial charge on any atom is 0.319 e. The summed E-state index contributed by atoms with van der Waals surface area (Å²) in [6.07, 6.45) is 1.60. The van der Waals surface area contributed by atoms with Gasteiger partial charge in [-0.15, -0.1) is 0 Å². The number of primary amides is 1. The highest BCUT2D eigenvalue weighted by Crippen LogP contribution is 2.20. The molecular formula is C21H26FN5O2. The van der Waals surface area contributed by atoms with Crippen LogP contribution in [0.2, 0.25) is 0 Å². The van der Waals surface area contributed by atoms with Crippen molar-refractivity contribution in [2.75, 3.05) is 31.1 Å². The molecule has 29 heavy (non-hydrogen) atoms. The summed E-state index contributed by atoms with van der Waals surface area (Å²) in [5.41, 5.74) is 8.33. The van der Waals surface area contributed by atoms with Crippen LogP contribution >= 0.6 is 0 Å². The summed E-state index contributed by atoms with van der Waals surface area (Å²) < 4.78 is 14.4.